The van der Waals surface area contributed by atoms with E-state index in [9.17, 15) is 27.6 Å². The lowest BCUT2D eigenvalue weighted by Gasteiger charge is -2.36. The number of benzene rings is 2. The third-order valence-electron chi connectivity index (χ3n) is 10.4. The van der Waals surface area contributed by atoms with Crippen LogP contribution in [0.2, 0.25) is 0 Å². The van der Waals surface area contributed by atoms with Crippen LogP contribution in [0.15, 0.2) is 67.5 Å². The molecule has 5 unspecified atom stereocenters. The van der Waals surface area contributed by atoms with Gasteiger partial charge in [-0.1, -0.05) is 45.0 Å². The molecule has 3 aromatic rings. The number of hydrogen-bond acceptors (Lipinski definition) is 9. The summed E-state index contributed by atoms with van der Waals surface area (Å²) in [6.07, 6.45) is 2.80. The van der Waals surface area contributed by atoms with Crippen LogP contribution < -0.4 is 20.1 Å². The van der Waals surface area contributed by atoms with Gasteiger partial charge in [-0.05, 0) is 76.6 Å². The molecule has 1 aromatic heterocycles. The van der Waals surface area contributed by atoms with Crippen molar-refractivity contribution in [3.05, 3.63) is 67.5 Å². The molecule has 5 atom stereocenters. The van der Waals surface area contributed by atoms with Crippen LogP contribution in [0.1, 0.15) is 74.1 Å². The molecule has 0 bridgehead atoms. The molecule has 14 nitrogen and oxygen atoms in total. The van der Waals surface area contributed by atoms with Crippen molar-refractivity contribution < 1.29 is 37.1 Å². The highest BCUT2D eigenvalue weighted by Gasteiger charge is 2.63. The monoisotopic (exact) mass is 762 g/mol. The van der Waals surface area contributed by atoms with Crippen LogP contribution in [-0.2, 0) is 29.1 Å². The van der Waals surface area contributed by atoms with E-state index < -0.39 is 79.2 Å². The Morgan fingerprint density at radius 1 is 1.04 bits per heavy atom. The van der Waals surface area contributed by atoms with Gasteiger partial charge in [0.15, 0.2) is 0 Å². The molecule has 15 heteroatoms. The van der Waals surface area contributed by atoms with E-state index in [0.717, 1.165) is 16.7 Å². The Labute approximate surface area is 316 Å². The standard InChI is InChI=1S/C39H50N6O8S/c1-9-24-21-39(24,34(48)43-54(50,51)38(8)17-18-38)42-32(46)30-20-27(22-44(30)33(47)31(36(2,3)4)41-35(49)53-37(5,6)7)52-26-15-16-28-29(19-26)45(23-40-28)25-13-11-10-12-14-25/h9-16,19,23-24,27,30-31H,1,17-18,20-22H2,2-8H3,(H,41,49)(H,42,46)(H,43,48). The van der Waals surface area contributed by atoms with E-state index in [1.54, 1.807) is 60.9 Å². The summed E-state index contributed by atoms with van der Waals surface area (Å²) in [7, 11) is -4.00. The van der Waals surface area contributed by atoms with Crippen molar-refractivity contribution >= 4 is 44.9 Å². The maximum absolute atomic E-state index is 14.5. The lowest BCUT2D eigenvalue weighted by atomic mass is 9.85. The number of sulfonamides is 1. The van der Waals surface area contributed by atoms with Gasteiger partial charge in [-0.25, -0.2) is 18.2 Å². The lowest BCUT2D eigenvalue weighted by Crippen LogP contribution is -2.60. The zero-order chi connectivity index (χ0) is 39.4. The average molecular weight is 763 g/mol. The topological polar surface area (TPSA) is 178 Å². The van der Waals surface area contributed by atoms with Crippen LogP contribution >= 0.6 is 0 Å². The first-order valence-electron chi connectivity index (χ1n) is 18.2. The first-order chi connectivity index (χ1) is 25.2. The number of hydrogen-bond donors (Lipinski definition) is 3. The van der Waals surface area contributed by atoms with Crippen LogP contribution in [0.4, 0.5) is 4.79 Å². The first kappa shape index (κ1) is 38.8. The molecule has 1 aliphatic heterocycles. The minimum absolute atomic E-state index is 0.0215. The molecule has 4 amide bonds. The van der Waals surface area contributed by atoms with E-state index in [1.807, 2.05) is 47.0 Å². The van der Waals surface area contributed by atoms with Crippen molar-refractivity contribution in [3.8, 4) is 11.4 Å². The summed E-state index contributed by atoms with van der Waals surface area (Å²) in [4.78, 5) is 61.3. The summed E-state index contributed by atoms with van der Waals surface area (Å²) in [6.45, 7) is 15.8. The normalized spacial score (nSPS) is 23.9. The van der Waals surface area contributed by atoms with Gasteiger partial charge in [-0.2, -0.15) is 0 Å². The number of imidazole rings is 1. The van der Waals surface area contributed by atoms with Gasteiger partial charge in [0.25, 0.3) is 5.91 Å². The Kier molecular flexibility index (Phi) is 9.87. The largest absolute Gasteiger partial charge is 0.488 e. The highest BCUT2D eigenvalue weighted by Crippen LogP contribution is 2.47. The van der Waals surface area contributed by atoms with Gasteiger partial charge in [0, 0.05) is 24.1 Å². The Morgan fingerprint density at radius 2 is 1.72 bits per heavy atom. The summed E-state index contributed by atoms with van der Waals surface area (Å²) in [5, 5.41) is 5.53. The third kappa shape index (κ3) is 7.82. The number of aromatic nitrogens is 2. The summed E-state index contributed by atoms with van der Waals surface area (Å²) < 4.78 is 41.1. The second kappa shape index (κ2) is 13.7. The minimum atomic E-state index is -4.00. The van der Waals surface area contributed by atoms with Gasteiger partial charge in [-0.15, -0.1) is 6.58 Å². The fourth-order valence-electron chi connectivity index (χ4n) is 6.78. The fraction of sp³-hybridized carbons (Fsp3) is 0.513. The van der Waals surface area contributed by atoms with E-state index >= 15 is 0 Å². The molecule has 2 heterocycles. The maximum Gasteiger partial charge on any atom is 0.408 e. The summed E-state index contributed by atoms with van der Waals surface area (Å²) >= 11 is 0. The Morgan fingerprint density at radius 3 is 2.31 bits per heavy atom. The van der Waals surface area contributed by atoms with E-state index in [-0.39, 0.29) is 19.4 Å². The molecule has 3 fully saturated rings. The number of rotatable bonds is 11. The van der Waals surface area contributed by atoms with Gasteiger partial charge >= 0.3 is 6.09 Å². The van der Waals surface area contributed by atoms with Crippen molar-refractivity contribution in [2.45, 2.75) is 108 Å². The average Bonchev–Trinajstić information content (AvgIpc) is 3.90. The van der Waals surface area contributed by atoms with E-state index in [4.69, 9.17) is 9.47 Å². The van der Waals surface area contributed by atoms with Crippen LogP contribution in [0.5, 0.6) is 5.75 Å². The fourth-order valence-corrected chi connectivity index (χ4v) is 8.09. The number of amides is 4. The number of carbonyl (C=O) groups is 4. The van der Waals surface area contributed by atoms with Crippen LogP contribution in [0.3, 0.4) is 0 Å². The molecule has 2 aromatic carbocycles. The maximum atomic E-state index is 14.5. The van der Waals surface area contributed by atoms with Crippen molar-refractivity contribution in [1.29, 1.82) is 0 Å². The molecule has 2 aliphatic carbocycles. The molecule has 54 heavy (non-hydrogen) atoms. The third-order valence-corrected chi connectivity index (χ3v) is 12.5. The quantitative estimate of drug-likeness (QED) is 0.239. The van der Waals surface area contributed by atoms with Crippen LogP contribution in [0.25, 0.3) is 16.7 Å². The van der Waals surface area contributed by atoms with Crippen LogP contribution in [0, 0.1) is 11.3 Å². The van der Waals surface area contributed by atoms with Crippen LogP contribution in [-0.4, -0.2) is 87.3 Å². The second-order valence-corrected chi connectivity index (χ2v) is 19.1. The van der Waals surface area contributed by atoms with Gasteiger partial charge in [0.2, 0.25) is 21.8 Å². The van der Waals surface area contributed by atoms with Gasteiger partial charge < -0.3 is 25.0 Å². The summed E-state index contributed by atoms with van der Waals surface area (Å²) in [5.74, 6) is -2.09. The Bertz CT molecular complexity index is 2080. The molecular weight excluding hydrogens is 713 g/mol. The molecule has 6 rings (SSSR count). The Balaban J connectivity index is 1.29. The number of carbonyl (C=O) groups excluding carboxylic acids is 4. The van der Waals surface area contributed by atoms with Gasteiger partial charge in [-0.3, -0.25) is 23.7 Å². The van der Waals surface area contributed by atoms with E-state index in [2.05, 4.69) is 26.9 Å². The number of para-hydroxylation sites is 1. The molecular formula is C39H50N6O8S. The van der Waals surface area contributed by atoms with Gasteiger partial charge in [0.05, 0.1) is 22.3 Å². The number of likely N-dealkylation sites (tertiary alicyclic amines) is 1. The SMILES string of the molecule is C=CC1CC1(NC(=O)C1CC(Oc2ccc3ncn(-c4ccccc4)c3c2)CN1C(=O)C(NC(=O)OC(C)(C)C)C(C)(C)C)C(=O)NS(=O)(=O)C1(C)CC1. The van der Waals surface area contributed by atoms with Gasteiger partial charge in [0.1, 0.15) is 41.4 Å². The number of nitrogens with zero attached hydrogens (tertiary/aromatic N) is 3. The molecule has 1 saturated heterocycles. The number of fused-ring (bicyclic) bond motifs is 1. The minimum Gasteiger partial charge on any atom is -0.488 e. The molecule has 2 saturated carbocycles. The highest BCUT2D eigenvalue weighted by atomic mass is 32.2. The molecule has 0 radical (unpaired) electrons. The zero-order valence-corrected chi connectivity index (χ0v) is 32.7. The summed E-state index contributed by atoms with van der Waals surface area (Å²) in [5.41, 5.74) is -0.757. The summed E-state index contributed by atoms with van der Waals surface area (Å²) in [6, 6.07) is 12.9. The highest BCUT2D eigenvalue weighted by molar-refractivity contribution is 7.91. The second-order valence-electron chi connectivity index (χ2n) is 16.9. The molecule has 3 aliphatic rings. The van der Waals surface area contributed by atoms with Crippen molar-refractivity contribution in [2.75, 3.05) is 6.54 Å². The first-order valence-corrected chi connectivity index (χ1v) is 19.7. The molecule has 3 N–H and O–H groups in total. The van der Waals surface area contributed by atoms with Crippen molar-refractivity contribution in [3.63, 3.8) is 0 Å². The smallest absolute Gasteiger partial charge is 0.408 e. The van der Waals surface area contributed by atoms with E-state index in [1.165, 1.54) is 11.0 Å². The predicted octanol–water partition coefficient (Wildman–Crippen LogP) is 4.37. The van der Waals surface area contributed by atoms with Crippen molar-refractivity contribution in [2.24, 2.45) is 11.3 Å². The molecule has 290 valence electrons. The molecule has 0 spiro atoms. The van der Waals surface area contributed by atoms with Crippen molar-refractivity contribution in [1.82, 2.24) is 29.8 Å². The lowest BCUT2D eigenvalue weighted by molar-refractivity contribution is -0.143. The predicted molar refractivity (Wildman–Crippen MR) is 202 cm³/mol. The number of ether oxygens (including phenoxy) is 2. The van der Waals surface area contributed by atoms with E-state index in [0.29, 0.717) is 18.6 Å². The zero-order valence-electron chi connectivity index (χ0n) is 31.8. The number of nitrogens with one attached hydrogen (secondary N) is 3. The Hall–Kier alpha value is -4.92. The number of alkyl carbamates (subject to hydrolysis) is 1.